The third-order valence-corrected chi connectivity index (χ3v) is 2.82. The second-order valence-electron chi connectivity index (χ2n) is 4.38. The maximum atomic E-state index is 11.1. The summed E-state index contributed by atoms with van der Waals surface area (Å²) in [5.74, 6) is 0.993. The van der Waals surface area contributed by atoms with E-state index in [9.17, 15) is 9.59 Å². The van der Waals surface area contributed by atoms with Crippen molar-refractivity contribution in [1.29, 1.82) is 0 Å². The molecule has 0 aromatic carbocycles. The van der Waals surface area contributed by atoms with Gasteiger partial charge in [-0.15, -0.1) is 0 Å². The SMILES string of the molecule is CC(S)CC(=O)N(C)C.CCN(CC)C(=O)CCS. The van der Waals surface area contributed by atoms with Gasteiger partial charge in [0.15, 0.2) is 0 Å². The molecule has 4 nitrogen and oxygen atoms in total. The molecule has 0 aromatic rings. The van der Waals surface area contributed by atoms with Crippen LogP contribution in [0.2, 0.25) is 0 Å². The number of rotatable bonds is 6. The van der Waals surface area contributed by atoms with Gasteiger partial charge >= 0.3 is 0 Å². The molecular formula is C13H28N2O2S2. The van der Waals surface area contributed by atoms with Crippen LogP contribution in [0.1, 0.15) is 33.6 Å². The van der Waals surface area contributed by atoms with Crippen LogP contribution in [0.25, 0.3) is 0 Å². The average molecular weight is 309 g/mol. The summed E-state index contributed by atoms with van der Waals surface area (Å²) in [7, 11) is 3.50. The van der Waals surface area contributed by atoms with Gasteiger partial charge in [-0.2, -0.15) is 25.3 Å². The number of hydrogen-bond acceptors (Lipinski definition) is 4. The Morgan fingerprint density at radius 3 is 1.79 bits per heavy atom. The molecule has 0 spiro atoms. The first-order chi connectivity index (χ1) is 8.79. The Bertz CT molecular complexity index is 255. The molecule has 0 aromatic heterocycles. The molecule has 0 aliphatic heterocycles. The third kappa shape index (κ3) is 12.4. The van der Waals surface area contributed by atoms with Crippen LogP contribution in [0, 0.1) is 0 Å². The van der Waals surface area contributed by atoms with Crippen molar-refractivity contribution in [2.24, 2.45) is 0 Å². The van der Waals surface area contributed by atoms with Crippen molar-refractivity contribution in [3.05, 3.63) is 0 Å². The molecule has 0 saturated heterocycles. The van der Waals surface area contributed by atoms with Crippen LogP contribution in [-0.2, 0) is 9.59 Å². The Kier molecular flexibility index (Phi) is 14.0. The molecule has 0 saturated carbocycles. The van der Waals surface area contributed by atoms with E-state index in [2.05, 4.69) is 25.3 Å². The zero-order valence-corrected chi connectivity index (χ0v) is 14.5. The molecule has 6 heteroatoms. The van der Waals surface area contributed by atoms with E-state index in [0.29, 0.717) is 18.6 Å². The molecule has 0 aliphatic carbocycles. The predicted octanol–water partition coefficient (Wildman–Crippen LogP) is 1.96. The fourth-order valence-electron chi connectivity index (χ4n) is 1.27. The van der Waals surface area contributed by atoms with Crippen molar-refractivity contribution in [2.75, 3.05) is 32.9 Å². The first-order valence-corrected chi connectivity index (χ1v) is 7.71. The summed E-state index contributed by atoms with van der Waals surface area (Å²) in [6.07, 6.45) is 1.08. The fourth-order valence-corrected chi connectivity index (χ4v) is 1.61. The summed E-state index contributed by atoms with van der Waals surface area (Å²) in [5.41, 5.74) is 0. The van der Waals surface area contributed by atoms with Crippen LogP contribution in [0.15, 0.2) is 0 Å². The zero-order chi connectivity index (χ0) is 15.4. The lowest BCUT2D eigenvalue weighted by Crippen LogP contribution is -2.30. The lowest BCUT2D eigenvalue weighted by Gasteiger charge is -2.17. The van der Waals surface area contributed by atoms with Gasteiger partial charge in [-0.1, -0.05) is 6.92 Å². The van der Waals surface area contributed by atoms with Crippen molar-refractivity contribution >= 4 is 37.1 Å². The minimum Gasteiger partial charge on any atom is -0.349 e. The first kappa shape index (κ1) is 20.9. The molecule has 19 heavy (non-hydrogen) atoms. The van der Waals surface area contributed by atoms with Crippen molar-refractivity contribution in [3.8, 4) is 0 Å². The molecule has 0 N–H and O–H groups in total. The molecular weight excluding hydrogens is 280 g/mol. The standard InChI is InChI=1S/C7H15NOS.C6H13NOS/c1-3-8(4-2)7(9)5-6-10;1-5(9)4-6(8)7(2)3/h10H,3-6H2,1-2H3;5,9H,4H2,1-3H3. The first-order valence-electron chi connectivity index (χ1n) is 6.56. The number of nitrogens with zero attached hydrogens (tertiary/aromatic N) is 2. The maximum Gasteiger partial charge on any atom is 0.223 e. The van der Waals surface area contributed by atoms with Crippen molar-refractivity contribution in [1.82, 2.24) is 9.80 Å². The molecule has 0 rings (SSSR count). The third-order valence-electron chi connectivity index (χ3n) is 2.41. The van der Waals surface area contributed by atoms with Gasteiger partial charge in [-0.3, -0.25) is 9.59 Å². The summed E-state index contributed by atoms with van der Waals surface area (Å²) < 4.78 is 0. The summed E-state index contributed by atoms with van der Waals surface area (Å²) in [6, 6.07) is 0. The van der Waals surface area contributed by atoms with Crippen LogP contribution in [0.3, 0.4) is 0 Å². The molecule has 0 bridgehead atoms. The van der Waals surface area contributed by atoms with Crippen molar-refractivity contribution in [2.45, 2.75) is 38.9 Å². The average Bonchev–Trinajstić information content (AvgIpc) is 2.30. The van der Waals surface area contributed by atoms with Gasteiger partial charge in [0.25, 0.3) is 0 Å². The van der Waals surface area contributed by atoms with Gasteiger partial charge < -0.3 is 9.80 Å². The lowest BCUT2D eigenvalue weighted by molar-refractivity contribution is -0.130. The molecule has 1 unspecified atom stereocenters. The van der Waals surface area contributed by atoms with E-state index in [0.717, 1.165) is 13.1 Å². The highest BCUT2D eigenvalue weighted by atomic mass is 32.1. The van der Waals surface area contributed by atoms with E-state index in [-0.39, 0.29) is 17.1 Å². The number of carbonyl (C=O) groups is 2. The van der Waals surface area contributed by atoms with Crippen molar-refractivity contribution < 1.29 is 9.59 Å². The molecule has 0 aliphatic rings. The summed E-state index contributed by atoms with van der Waals surface area (Å²) in [4.78, 5) is 25.3. The van der Waals surface area contributed by atoms with E-state index >= 15 is 0 Å². The molecule has 1 atom stereocenters. The highest BCUT2D eigenvalue weighted by molar-refractivity contribution is 7.81. The van der Waals surface area contributed by atoms with Crippen LogP contribution in [-0.4, -0.2) is 59.8 Å². The van der Waals surface area contributed by atoms with Gasteiger partial charge in [-0.05, 0) is 19.6 Å². The van der Waals surface area contributed by atoms with Crippen molar-refractivity contribution in [3.63, 3.8) is 0 Å². The monoisotopic (exact) mass is 308 g/mol. The number of amides is 2. The smallest absolute Gasteiger partial charge is 0.223 e. The van der Waals surface area contributed by atoms with Crippen LogP contribution in [0.5, 0.6) is 0 Å². The Labute approximate surface area is 128 Å². The zero-order valence-electron chi connectivity index (χ0n) is 12.7. The van der Waals surface area contributed by atoms with Gasteiger partial charge in [0.1, 0.15) is 0 Å². The van der Waals surface area contributed by atoms with E-state index in [1.807, 2.05) is 25.7 Å². The Hall–Kier alpha value is -0.360. The topological polar surface area (TPSA) is 40.6 Å². The Morgan fingerprint density at radius 1 is 1.11 bits per heavy atom. The Balaban J connectivity index is 0. The van der Waals surface area contributed by atoms with Gasteiger partial charge in [-0.25, -0.2) is 0 Å². The molecule has 0 radical (unpaired) electrons. The fraction of sp³-hybridized carbons (Fsp3) is 0.846. The largest absolute Gasteiger partial charge is 0.349 e. The summed E-state index contributed by atoms with van der Waals surface area (Å²) >= 11 is 8.07. The van der Waals surface area contributed by atoms with Crippen LogP contribution in [0.4, 0.5) is 0 Å². The van der Waals surface area contributed by atoms with E-state index in [4.69, 9.17) is 0 Å². The highest BCUT2D eigenvalue weighted by Gasteiger charge is 2.06. The molecule has 2 amide bonds. The molecule has 0 heterocycles. The number of carbonyl (C=O) groups excluding carboxylic acids is 2. The molecule has 0 fully saturated rings. The second-order valence-corrected chi connectivity index (χ2v) is 5.71. The van der Waals surface area contributed by atoms with E-state index in [1.165, 1.54) is 0 Å². The lowest BCUT2D eigenvalue weighted by atomic mass is 10.3. The quantitative estimate of drug-likeness (QED) is 0.737. The van der Waals surface area contributed by atoms with Crippen LogP contribution < -0.4 is 0 Å². The van der Waals surface area contributed by atoms with E-state index < -0.39 is 0 Å². The van der Waals surface area contributed by atoms with Crippen LogP contribution >= 0.6 is 25.3 Å². The normalized spacial score (nSPS) is 11.1. The number of hydrogen-bond donors (Lipinski definition) is 2. The summed E-state index contributed by atoms with van der Waals surface area (Å²) in [6.45, 7) is 7.50. The van der Waals surface area contributed by atoms with E-state index in [1.54, 1.807) is 19.0 Å². The van der Waals surface area contributed by atoms with Gasteiger partial charge in [0.05, 0.1) is 0 Å². The summed E-state index contributed by atoms with van der Waals surface area (Å²) in [5, 5.41) is 0.167. The number of thiol groups is 2. The Morgan fingerprint density at radius 2 is 1.58 bits per heavy atom. The van der Waals surface area contributed by atoms with Gasteiger partial charge in [0.2, 0.25) is 11.8 Å². The maximum absolute atomic E-state index is 11.1. The minimum absolute atomic E-state index is 0.137. The highest BCUT2D eigenvalue weighted by Crippen LogP contribution is 2.00. The predicted molar refractivity (Wildman–Crippen MR) is 88.2 cm³/mol. The van der Waals surface area contributed by atoms with Gasteiger partial charge in [0, 0.05) is 45.3 Å². The minimum atomic E-state index is 0.137. The molecule has 114 valence electrons. The second kappa shape index (κ2) is 12.7.